The van der Waals surface area contributed by atoms with Crippen LogP contribution >= 0.6 is 0 Å². The topological polar surface area (TPSA) is 118 Å². The van der Waals surface area contributed by atoms with Crippen molar-refractivity contribution in [2.45, 2.75) is 31.7 Å². The van der Waals surface area contributed by atoms with Crippen LogP contribution in [0.2, 0.25) is 0 Å². The Kier molecular flexibility index (Phi) is 6.05. The molecule has 8 nitrogen and oxygen atoms in total. The van der Waals surface area contributed by atoms with E-state index in [9.17, 15) is 18.0 Å². The summed E-state index contributed by atoms with van der Waals surface area (Å²) in [5.74, 6) is 0.193. The number of rotatable bonds is 8. The highest BCUT2D eigenvalue weighted by Crippen LogP contribution is 2.11. The number of carbonyl (C=O) groups is 2. The van der Waals surface area contributed by atoms with E-state index < -0.39 is 10.0 Å². The van der Waals surface area contributed by atoms with Crippen molar-refractivity contribution in [3.05, 3.63) is 47.3 Å². The Bertz CT molecular complexity index is 856. The summed E-state index contributed by atoms with van der Waals surface area (Å²) in [6, 6.07) is 7.30. The predicted molar refractivity (Wildman–Crippen MR) is 89.3 cm³/mol. The Morgan fingerprint density at radius 2 is 1.88 bits per heavy atom. The number of hydrogen-bond acceptors (Lipinski definition) is 6. The molecule has 2 N–H and O–H groups in total. The second kappa shape index (κ2) is 8.04. The van der Waals surface area contributed by atoms with Gasteiger partial charge < -0.3 is 9.84 Å². The van der Waals surface area contributed by atoms with Gasteiger partial charge in [-0.1, -0.05) is 17.3 Å². The van der Waals surface area contributed by atoms with Crippen molar-refractivity contribution in [2.75, 3.05) is 6.54 Å². The van der Waals surface area contributed by atoms with E-state index in [0.29, 0.717) is 17.0 Å². The second-order valence-corrected chi connectivity index (χ2v) is 7.20. The van der Waals surface area contributed by atoms with Gasteiger partial charge in [0.15, 0.2) is 5.78 Å². The minimum absolute atomic E-state index is 0.0123. The third kappa shape index (κ3) is 5.50. The Morgan fingerprint density at radius 3 is 2.44 bits per heavy atom. The fourth-order valence-electron chi connectivity index (χ4n) is 2.03. The molecule has 0 fully saturated rings. The molecule has 2 aromatic rings. The fourth-order valence-corrected chi connectivity index (χ4v) is 3.06. The van der Waals surface area contributed by atoms with Gasteiger partial charge in [-0.2, -0.15) is 0 Å². The van der Waals surface area contributed by atoms with E-state index in [1.807, 2.05) is 0 Å². The molecular formula is C16H19N3O5S. The highest BCUT2D eigenvalue weighted by Gasteiger charge is 2.14. The number of nitrogens with zero attached hydrogens (tertiary/aromatic N) is 1. The van der Waals surface area contributed by atoms with Crippen molar-refractivity contribution < 1.29 is 22.5 Å². The maximum Gasteiger partial charge on any atom is 0.240 e. The quantitative estimate of drug-likeness (QED) is 0.678. The van der Waals surface area contributed by atoms with Crippen LogP contribution in [0.15, 0.2) is 39.8 Å². The fraction of sp³-hybridized carbons (Fsp3) is 0.312. The van der Waals surface area contributed by atoms with Gasteiger partial charge in [0.1, 0.15) is 11.5 Å². The number of Topliss-reactive ketones (excluding diaryl/α,β-unsaturated/α-hetero) is 1. The van der Waals surface area contributed by atoms with Crippen molar-refractivity contribution in [1.82, 2.24) is 15.2 Å². The Hall–Kier alpha value is -2.52. The molecule has 25 heavy (non-hydrogen) atoms. The molecule has 0 atom stereocenters. The van der Waals surface area contributed by atoms with Crippen LogP contribution in [0.1, 0.15) is 35.2 Å². The van der Waals surface area contributed by atoms with E-state index in [2.05, 4.69) is 15.2 Å². The number of ketones is 1. The average Bonchev–Trinajstić information content (AvgIpc) is 2.98. The van der Waals surface area contributed by atoms with Crippen LogP contribution in [-0.2, 0) is 21.4 Å². The Labute approximate surface area is 145 Å². The third-order valence-electron chi connectivity index (χ3n) is 3.36. The molecule has 0 saturated carbocycles. The van der Waals surface area contributed by atoms with Crippen LogP contribution < -0.4 is 10.0 Å². The van der Waals surface area contributed by atoms with E-state index in [0.717, 1.165) is 0 Å². The molecule has 134 valence electrons. The van der Waals surface area contributed by atoms with Crippen molar-refractivity contribution in [3.8, 4) is 0 Å². The number of amides is 1. The summed E-state index contributed by atoms with van der Waals surface area (Å²) in [5, 5.41) is 6.37. The SMILES string of the molecule is CC(=O)c1ccc(S(=O)(=O)NCCC(=O)NCc2cc(C)on2)cc1. The largest absolute Gasteiger partial charge is 0.361 e. The normalized spacial score (nSPS) is 11.3. The molecular weight excluding hydrogens is 346 g/mol. The minimum atomic E-state index is -3.73. The number of sulfonamides is 1. The lowest BCUT2D eigenvalue weighted by atomic mass is 10.2. The van der Waals surface area contributed by atoms with Gasteiger partial charge in [0.2, 0.25) is 15.9 Å². The van der Waals surface area contributed by atoms with Crippen LogP contribution in [0.25, 0.3) is 0 Å². The number of benzene rings is 1. The summed E-state index contributed by atoms with van der Waals surface area (Å²) < 4.78 is 31.5. The van der Waals surface area contributed by atoms with E-state index in [-0.39, 0.29) is 36.1 Å². The Balaban J connectivity index is 1.81. The molecule has 2 rings (SSSR count). The van der Waals surface area contributed by atoms with Crippen LogP contribution in [0, 0.1) is 6.92 Å². The zero-order chi connectivity index (χ0) is 18.4. The highest BCUT2D eigenvalue weighted by molar-refractivity contribution is 7.89. The van der Waals surface area contributed by atoms with Crippen molar-refractivity contribution >= 4 is 21.7 Å². The molecule has 0 aliphatic carbocycles. The summed E-state index contributed by atoms with van der Waals surface area (Å²) in [6.45, 7) is 3.33. The highest BCUT2D eigenvalue weighted by atomic mass is 32.2. The maximum atomic E-state index is 12.1. The average molecular weight is 365 g/mol. The lowest BCUT2D eigenvalue weighted by Gasteiger charge is -2.07. The van der Waals surface area contributed by atoms with Gasteiger partial charge in [-0.05, 0) is 26.0 Å². The molecule has 1 heterocycles. The molecule has 0 unspecified atom stereocenters. The van der Waals surface area contributed by atoms with Gasteiger partial charge in [0.05, 0.1) is 11.4 Å². The summed E-state index contributed by atoms with van der Waals surface area (Å²) in [4.78, 5) is 23.0. The molecule has 0 aliphatic heterocycles. The van der Waals surface area contributed by atoms with Crippen LogP contribution in [-0.4, -0.2) is 31.8 Å². The molecule has 1 aromatic heterocycles. The molecule has 0 bridgehead atoms. The first kappa shape index (κ1) is 18.8. The zero-order valence-electron chi connectivity index (χ0n) is 13.9. The number of aryl methyl sites for hydroxylation is 1. The number of nitrogens with one attached hydrogen (secondary N) is 2. The van der Waals surface area contributed by atoms with Gasteiger partial charge in [-0.25, -0.2) is 13.1 Å². The van der Waals surface area contributed by atoms with Gasteiger partial charge in [-0.15, -0.1) is 0 Å². The van der Waals surface area contributed by atoms with E-state index in [4.69, 9.17) is 4.52 Å². The molecule has 1 amide bonds. The molecule has 0 radical (unpaired) electrons. The molecule has 9 heteroatoms. The van der Waals surface area contributed by atoms with Gasteiger partial charge >= 0.3 is 0 Å². The summed E-state index contributed by atoms with van der Waals surface area (Å²) in [6.07, 6.45) is -0.0123. The second-order valence-electron chi connectivity index (χ2n) is 5.43. The maximum absolute atomic E-state index is 12.1. The van der Waals surface area contributed by atoms with E-state index in [1.165, 1.54) is 31.2 Å². The zero-order valence-corrected chi connectivity index (χ0v) is 14.7. The number of carbonyl (C=O) groups excluding carboxylic acids is 2. The first-order valence-corrected chi connectivity index (χ1v) is 9.06. The van der Waals surface area contributed by atoms with Crippen LogP contribution in [0.4, 0.5) is 0 Å². The molecule has 0 saturated heterocycles. The van der Waals surface area contributed by atoms with Crippen LogP contribution in [0.3, 0.4) is 0 Å². The smallest absolute Gasteiger partial charge is 0.240 e. The summed E-state index contributed by atoms with van der Waals surface area (Å²) in [7, 11) is -3.73. The standard InChI is InChI=1S/C16H19N3O5S/c1-11-9-14(19-24-11)10-17-16(21)7-8-18-25(22,23)15-5-3-13(4-6-15)12(2)20/h3-6,9,18H,7-8,10H2,1-2H3,(H,17,21). The van der Waals surface area contributed by atoms with Gasteiger partial charge in [0, 0.05) is 24.6 Å². The minimum Gasteiger partial charge on any atom is -0.361 e. The van der Waals surface area contributed by atoms with Crippen molar-refractivity contribution in [1.29, 1.82) is 0 Å². The number of hydrogen-bond donors (Lipinski definition) is 2. The predicted octanol–water partition coefficient (Wildman–Crippen LogP) is 1.17. The first-order valence-electron chi connectivity index (χ1n) is 7.57. The first-order chi connectivity index (χ1) is 11.8. The lowest BCUT2D eigenvalue weighted by Crippen LogP contribution is -2.30. The van der Waals surface area contributed by atoms with Crippen molar-refractivity contribution in [3.63, 3.8) is 0 Å². The summed E-state index contributed by atoms with van der Waals surface area (Å²) in [5.41, 5.74) is 1.03. The van der Waals surface area contributed by atoms with Crippen molar-refractivity contribution in [2.24, 2.45) is 0 Å². The lowest BCUT2D eigenvalue weighted by molar-refractivity contribution is -0.121. The van der Waals surface area contributed by atoms with Gasteiger partial charge in [0.25, 0.3) is 0 Å². The number of aromatic nitrogens is 1. The molecule has 1 aromatic carbocycles. The Morgan fingerprint density at radius 1 is 1.20 bits per heavy atom. The monoisotopic (exact) mass is 365 g/mol. The third-order valence-corrected chi connectivity index (χ3v) is 4.84. The van der Waals surface area contributed by atoms with Crippen LogP contribution in [0.5, 0.6) is 0 Å². The van der Waals surface area contributed by atoms with E-state index >= 15 is 0 Å². The van der Waals surface area contributed by atoms with E-state index in [1.54, 1.807) is 13.0 Å². The summed E-state index contributed by atoms with van der Waals surface area (Å²) >= 11 is 0. The molecule has 0 aliphatic rings. The van der Waals surface area contributed by atoms with Gasteiger partial charge in [-0.3, -0.25) is 9.59 Å². The molecule has 0 spiro atoms.